The fraction of sp³-hybridized carbons (Fsp3) is 0.478. The quantitative estimate of drug-likeness (QED) is 0.777. The van der Waals surface area contributed by atoms with Crippen LogP contribution in [-0.4, -0.2) is 22.7 Å². The van der Waals surface area contributed by atoms with Crippen molar-refractivity contribution in [1.82, 2.24) is 10.3 Å². The lowest BCUT2D eigenvalue weighted by Crippen LogP contribution is -2.39. The van der Waals surface area contributed by atoms with Crippen molar-refractivity contribution in [3.05, 3.63) is 54.4 Å². The molecule has 3 N–H and O–H groups in total. The minimum atomic E-state index is -0.390. The van der Waals surface area contributed by atoms with Gasteiger partial charge in [0.15, 0.2) is 0 Å². The van der Waals surface area contributed by atoms with E-state index in [1.165, 1.54) is 24.8 Å². The summed E-state index contributed by atoms with van der Waals surface area (Å²) in [5.74, 6) is 0. The van der Waals surface area contributed by atoms with Gasteiger partial charge in [0.05, 0.1) is 0 Å². The molecule has 152 valence electrons. The summed E-state index contributed by atoms with van der Waals surface area (Å²) in [6, 6.07) is 12.5. The lowest BCUT2D eigenvalue weighted by atomic mass is 9.96. The summed E-state index contributed by atoms with van der Waals surface area (Å²) >= 11 is 0. The van der Waals surface area contributed by atoms with Crippen LogP contribution in [0.2, 0.25) is 0 Å². The highest BCUT2D eigenvalue weighted by Crippen LogP contribution is 2.19. The molecule has 1 aliphatic rings. The van der Waals surface area contributed by atoms with Gasteiger partial charge in [0, 0.05) is 25.0 Å². The van der Waals surface area contributed by atoms with Crippen LogP contribution in [0.5, 0.6) is 0 Å². The minimum absolute atomic E-state index is 0.274. The van der Waals surface area contributed by atoms with E-state index in [2.05, 4.69) is 22.4 Å². The Morgan fingerprint density at radius 2 is 1.86 bits per heavy atom. The number of amides is 1. The molecule has 0 aliphatic heterocycles. The zero-order valence-corrected chi connectivity index (χ0v) is 17.3. The van der Waals surface area contributed by atoms with Gasteiger partial charge in [-0.1, -0.05) is 43.5 Å². The summed E-state index contributed by atoms with van der Waals surface area (Å²) < 4.78 is 5.19. The van der Waals surface area contributed by atoms with Gasteiger partial charge in [0.1, 0.15) is 5.60 Å². The van der Waals surface area contributed by atoms with E-state index in [0.717, 1.165) is 24.0 Å². The maximum absolute atomic E-state index is 11.4. The maximum Gasteiger partial charge on any atom is 0.407 e. The van der Waals surface area contributed by atoms with Crippen LogP contribution in [0.25, 0.3) is 11.1 Å². The average molecular weight is 384 g/mol. The van der Waals surface area contributed by atoms with E-state index in [1.54, 1.807) is 6.20 Å². The Kier molecular flexibility index (Phi) is 8.45. The van der Waals surface area contributed by atoms with Gasteiger partial charge >= 0.3 is 6.09 Å². The van der Waals surface area contributed by atoms with E-state index in [4.69, 9.17) is 10.5 Å². The van der Waals surface area contributed by atoms with Crippen molar-refractivity contribution in [2.24, 2.45) is 5.73 Å². The Labute approximate surface area is 168 Å². The Morgan fingerprint density at radius 3 is 2.46 bits per heavy atom. The summed E-state index contributed by atoms with van der Waals surface area (Å²) in [4.78, 5) is 15.5. The largest absolute Gasteiger partial charge is 0.444 e. The van der Waals surface area contributed by atoms with Gasteiger partial charge < -0.3 is 15.8 Å². The van der Waals surface area contributed by atoms with E-state index in [0.29, 0.717) is 12.6 Å². The fourth-order valence-corrected chi connectivity index (χ4v) is 3.13. The van der Waals surface area contributed by atoms with Gasteiger partial charge in [-0.25, -0.2) is 4.79 Å². The normalized spacial score (nSPS) is 14.6. The Bertz CT molecular complexity index is 720. The van der Waals surface area contributed by atoms with Crippen LogP contribution >= 0.6 is 0 Å². The number of aromatic nitrogens is 1. The average Bonchev–Trinajstić information content (AvgIpc) is 2.68. The van der Waals surface area contributed by atoms with Crippen LogP contribution in [0.15, 0.2) is 48.8 Å². The number of nitrogens with one attached hydrogen (secondary N) is 1. The smallest absolute Gasteiger partial charge is 0.407 e. The van der Waals surface area contributed by atoms with Gasteiger partial charge in [0.25, 0.3) is 0 Å². The van der Waals surface area contributed by atoms with Gasteiger partial charge in [-0.15, -0.1) is 0 Å². The molecule has 5 heteroatoms. The number of ether oxygens (including phenoxy) is 1. The molecule has 1 saturated carbocycles. The fourth-order valence-electron chi connectivity index (χ4n) is 3.13. The molecule has 0 radical (unpaired) electrons. The number of nitrogens with zero attached hydrogens (tertiary/aromatic N) is 1. The molecule has 1 amide bonds. The highest BCUT2D eigenvalue weighted by Gasteiger charge is 2.20. The summed E-state index contributed by atoms with van der Waals surface area (Å²) in [7, 11) is 0. The zero-order chi connectivity index (χ0) is 20.4. The third-order valence-corrected chi connectivity index (χ3v) is 4.48. The third kappa shape index (κ3) is 8.09. The van der Waals surface area contributed by atoms with E-state index >= 15 is 0 Å². The molecule has 0 spiro atoms. The topological polar surface area (TPSA) is 77.2 Å². The van der Waals surface area contributed by atoms with Crippen LogP contribution < -0.4 is 11.1 Å². The second-order valence-electron chi connectivity index (χ2n) is 8.13. The third-order valence-electron chi connectivity index (χ3n) is 4.48. The summed E-state index contributed by atoms with van der Waals surface area (Å²) in [6.45, 7) is 6.22. The van der Waals surface area contributed by atoms with Crippen molar-refractivity contribution < 1.29 is 9.53 Å². The molecule has 1 aromatic carbocycles. The number of benzene rings is 1. The maximum atomic E-state index is 11.4. The van der Waals surface area contributed by atoms with Crippen LogP contribution in [0.3, 0.4) is 0 Å². The lowest BCUT2D eigenvalue weighted by Gasteiger charge is -2.25. The first kappa shape index (κ1) is 21.9. The Balaban J connectivity index is 0.000000200. The number of hydrogen-bond donors (Lipinski definition) is 2. The number of pyridine rings is 1. The monoisotopic (exact) mass is 383 g/mol. The first-order chi connectivity index (χ1) is 13.4. The summed E-state index contributed by atoms with van der Waals surface area (Å²) in [5, 5.41) is 2.91. The molecule has 1 fully saturated rings. The van der Waals surface area contributed by atoms with Crippen molar-refractivity contribution in [3.8, 4) is 11.1 Å². The molecule has 5 nitrogen and oxygen atoms in total. The molecule has 0 bridgehead atoms. The van der Waals surface area contributed by atoms with Crippen molar-refractivity contribution in [2.45, 2.75) is 71.1 Å². The molecule has 1 heterocycles. The number of carbonyl (C=O) groups is 1. The molecular weight excluding hydrogens is 350 g/mol. The molecular formula is C23H33N3O2. The molecule has 0 unspecified atom stereocenters. The number of carbonyl (C=O) groups excluding carboxylic acids is 1. The molecule has 1 aliphatic carbocycles. The van der Waals surface area contributed by atoms with E-state index in [9.17, 15) is 4.79 Å². The van der Waals surface area contributed by atoms with Crippen molar-refractivity contribution in [1.29, 1.82) is 0 Å². The van der Waals surface area contributed by atoms with E-state index < -0.39 is 5.60 Å². The van der Waals surface area contributed by atoms with Crippen molar-refractivity contribution >= 4 is 6.09 Å². The van der Waals surface area contributed by atoms with Gasteiger partial charge in [-0.2, -0.15) is 0 Å². The highest BCUT2D eigenvalue weighted by atomic mass is 16.6. The molecule has 2 aromatic rings. The zero-order valence-electron chi connectivity index (χ0n) is 17.3. The Morgan fingerprint density at radius 1 is 1.14 bits per heavy atom. The summed E-state index contributed by atoms with van der Waals surface area (Å²) in [5.41, 5.74) is 8.63. The van der Waals surface area contributed by atoms with Crippen LogP contribution in [0.1, 0.15) is 58.4 Å². The first-order valence-corrected chi connectivity index (χ1v) is 10.1. The predicted octanol–water partition coefficient (Wildman–Crippen LogP) is 5.05. The van der Waals surface area contributed by atoms with Crippen molar-refractivity contribution in [2.75, 3.05) is 0 Å². The first-order valence-electron chi connectivity index (χ1n) is 10.1. The van der Waals surface area contributed by atoms with Crippen LogP contribution in [0, 0.1) is 0 Å². The molecule has 1 aromatic heterocycles. The van der Waals surface area contributed by atoms with E-state index in [-0.39, 0.29) is 6.09 Å². The molecule has 28 heavy (non-hydrogen) atoms. The SMILES string of the molecule is CC(C)(C)OC(=O)NC1CCCCC1.NCc1cccc(-c2cccnc2)c1. The predicted molar refractivity (Wildman–Crippen MR) is 114 cm³/mol. The molecule has 0 atom stereocenters. The minimum Gasteiger partial charge on any atom is -0.444 e. The van der Waals surface area contributed by atoms with Crippen LogP contribution in [0.4, 0.5) is 4.79 Å². The number of alkyl carbamates (subject to hydrolysis) is 1. The highest BCUT2D eigenvalue weighted by molar-refractivity contribution is 5.68. The van der Waals surface area contributed by atoms with E-state index in [1.807, 2.05) is 51.2 Å². The summed E-state index contributed by atoms with van der Waals surface area (Å²) in [6.07, 6.45) is 9.29. The number of hydrogen-bond acceptors (Lipinski definition) is 4. The second kappa shape index (κ2) is 10.8. The van der Waals surface area contributed by atoms with Gasteiger partial charge in [-0.3, -0.25) is 4.98 Å². The second-order valence-corrected chi connectivity index (χ2v) is 8.13. The lowest BCUT2D eigenvalue weighted by molar-refractivity contribution is 0.0493. The standard InChI is InChI=1S/C12H12N2.C11H21NO2/c13-8-10-3-1-4-11(7-10)12-5-2-6-14-9-12;1-11(2,3)14-10(13)12-9-7-5-4-6-8-9/h1-7,9H,8,13H2;9H,4-8H2,1-3H3,(H,12,13). The molecule has 3 rings (SSSR count). The Hall–Kier alpha value is -2.40. The van der Waals surface area contributed by atoms with Crippen molar-refractivity contribution in [3.63, 3.8) is 0 Å². The number of nitrogens with two attached hydrogens (primary N) is 1. The van der Waals surface area contributed by atoms with Gasteiger partial charge in [-0.05, 0) is 62.4 Å². The van der Waals surface area contributed by atoms with Gasteiger partial charge in [0.2, 0.25) is 0 Å². The molecule has 0 saturated heterocycles. The number of rotatable bonds is 3. The van der Waals surface area contributed by atoms with Crippen LogP contribution in [-0.2, 0) is 11.3 Å².